The number of carboxylic acid groups (broad SMARTS) is 1. The molecule has 3 N–H and O–H groups in total. The van der Waals surface area contributed by atoms with Crippen LogP contribution in [0.4, 0.5) is 0 Å². The number of carbonyl (C=O) groups is 1. The van der Waals surface area contributed by atoms with Crippen LogP contribution in [0.15, 0.2) is 24.3 Å². The highest BCUT2D eigenvalue weighted by Crippen LogP contribution is 2.11. The topological polar surface area (TPSA) is 69.6 Å². The van der Waals surface area contributed by atoms with Crippen molar-refractivity contribution in [2.24, 2.45) is 0 Å². The zero-order valence-corrected chi connectivity index (χ0v) is 9.31. The minimum absolute atomic E-state index is 0.192. The highest BCUT2D eigenvalue weighted by molar-refractivity contribution is 5.73. The van der Waals surface area contributed by atoms with Gasteiger partial charge in [0.15, 0.2) is 0 Å². The summed E-state index contributed by atoms with van der Waals surface area (Å²) in [5.41, 5.74) is 0.897. The minimum atomic E-state index is -0.846. The first-order valence-corrected chi connectivity index (χ1v) is 5.37. The lowest BCUT2D eigenvalue weighted by atomic mass is 10.1. The van der Waals surface area contributed by atoms with E-state index in [0.717, 1.165) is 12.0 Å². The fourth-order valence-electron chi connectivity index (χ4n) is 1.43. The number of nitrogens with one attached hydrogen (secondary N) is 1. The van der Waals surface area contributed by atoms with Gasteiger partial charge in [-0.2, -0.15) is 0 Å². The van der Waals surface area contributed by atoms with Gasteiger partial charge in [0.2, 0.25) is 0 Å². The molecule has 0 aliphatic heterocycles. The number of benzene rings is 1. The maximum absolute atomic E-state index is 11.0. The molecule has 0 unspecified atom stereocenters. The number of aliphatic carboxylic acids is 1. The van der Waals surface area contributed by atoms with E-state index in [-0.39, 0.29) is 5.75 Å². The van der Waals surface area contributed by atoms with Gasteiger partial charge in [-0.15, -0.1) is 0 Å². The molecule has 88 valence electrons. The van der Waals surface area contributed by atoms with E-state index in [0.29, 0.717) is 13.0 Å². The van der Waals surface area contributed by atoms with E-state index < -0.39 is 12.0 Å². The van der Waals surface area contributed by atoms with Crippen molar-refractivity contribution in [3.8, 4) is 5.75 Å². The first-order valence-electron chi connectivity index (χ1n) is 5.37. The number of rotatable bonds is 6. The summed E-state index contributed by atoms with van der Waals surface area (Å²) in [6.45, 7) is 2.68. The molecule has 0 aromatic heterocycles. The van der Waals surface area contributed by atoms with Gasteiger partial charge in [-0.3, -0.25) is 4.79 Å². The summed E-state index contributed by atoms with van der Waals surface area (Å²) >= 11 is 0. The van der Waals surface area contributed by atoms with E-state index in [2.05, 4.69) is 5.32 Å². The standard InChI is InChI=1S/C12H17NO3/c1-2-7-13-11(12(15)16)8-9-3-5-10(14)6-4-9/h3-6,11,13-14H,2,7-8H2,1H3,(H,15,16)/t11-/m0/s1. The van der Waals surface area contributed by atoms with Crippen LogP contribution in [0.3, 0.4) is 0 Å². The monoisotopic (exact) mass is 223 g/mol. The van der Waals surface area contributed by atoms with Crippen LogP contribution in [0.2, 0.25) is 0 Å². The second kappa shape index (κ2) is 6.12. The third-order valence-electron chi connectivity index (χ3n) is 2.31. The quantitative estimate of drug-likeness (QED) is 0.681. The summed E-state index contributed by atoms with van der Waals surface area (Å²) in [6.07, 6.45) is 1.33. The Morgan fingerprint density at radius 2 is 2.00 bits per heavy atom. The third-order valence-corrected chi connectivity index (χ3v) is 2.31. The van der Waals surface area contributed by atoms with Gasteiger partial charge in [0.1, 0.15) is 11.8 Å². The molecule has 0 fully saturated rings. The molecule has 0 saturated carbocycles. The molecule has 1 atom stereocenters. The summed E-state index contributed by atoms with van der Waals surface area (Å²) in [4.78, 5) is 11.0. The Morgan fingerprint density at radius 3 is 2.50 bits per heavy atom. The molecule has 1 aromatic rings. The largest absolute Gasteiger partial charge is 0.508 e. The van der Waals surface area contributed by atoms with Crippen molar-refractivity contribution in [3.05, 3.63) is 29.8 Å². The molecule has 0 radical (unpaired) electrons. The second-order valence-corrected chi connectivity index (χ2v) is 3.72. The van der Waals surface area contributed by atoms with Gasteiger partial charge in [-0.25, -0.2) is 0 Å². The molecule has 0 amide bonds. The van der Waals surface area contributed by atoms with Crippen LogP contribution in [-0.2, 0) is 11.2 Å². The molecular weight excluding hydrogens is 206 g/mol. The third kappa shape index (κ3) is 3.90. The van der Waals surface area contributed by atoms with Crippen LogP contribution in [0.1, 0.15) is 18.9 Å². The van der Waals surface area contributed by atoms with Gasteiger partial charge in [-0.05, 0) is 37.1 Å². The molecule has 1 rings (SSSR count). The SMILES string of the molecule is CCCN[C@@H](Cc1ccc(O)cc1)C(=O)O. The van der Waals surface area contributed by atoms with Crippen molar-refractivity contribution < 1.29 is 15.0 Å². The first kappa shape index (κ1) is 12.5. The average Bonchev–Trinajstić information content (AvgIpc) is 2.26. The predicted octanol–water partition coefficient (Wildman–Crippen LogP) is 1.39. The number of carboxylic acids is 1. The van der Waals surface area contributed by atoms with E-state index >= 15 is 0 Å². The summed E-state index contributed by atoms with van der Waals surface area (Å²) < 4.78 is 0. The summed E-state index contributed by atoms with van der Waals surface area (Å²) in [6, 6.07) is 6.03. The molecule has 0 bridgehead atoms. The van der Waals surface area contributed by atoms with E-state index in [1.54, 1.807) is 24.3 Å². The summed E-state index contributed by atoms with van der Waals surface area (Å²) in [7, 11) is 0. The molecule has 0 aliphatic rings. The highest BCUT2D eigenvalue weighted by Gasteiger charge is 2.16. The molecule has 0 spiro atoms. The van der Waals surface area contributed by atoms with Gasteiger partial charge in [0.05, 0.1) is 0 Å². The molecule has 4 nitrogen and oxygen atoms in total. The van der Waals surface area contributed by atoms with Gasteiger partial charge < -0.3 is 15.5 Å². The lowest BCUT2D eigenvalue weighted by molar-refractivity contribution is -0.139. The lowest BCUT2D eigenvalue weighted by Gasteiger charge is -2.13. The Bertz CT molecular complexity index is 335. The summed E-state index contributed by atoms with van der Waals surface area (Å²) in [5.74, 6) is -0.654. The molecule has 0 heterocycles. The molecule has 4 heteroatoms. The number of phenols is 1. The van der Waals surface area contributed by atoms with Crippen molar-refractivity contribution in [1.29, 1.82) is 0 Å². The fraction of sp³-hybridized carbons (Fsp3) is 0.417. The van der Waals surface area contributed by atoms with Crippen molar-refractivity contribution in [2.45, 2.75) is 25.8 Å². The molecule has 0 aliphatic carbocycles. The summed E-state index contributed by atoms with van der Waals surface area (Å²) in [5, 5.41) is 21.1. The Morgan fingerprint density at radius 1 is 1.38 bits per heavy atom. The molecule has 0 saturated heterocycles. The zero-order chi connectivity index (χ0) is 12.0. The highest BCUT2D eigenvalue weighted by atomic mass is 16.4. The van der Waals surface area contributed by atoms with Gasteiger partial charge in [0, 0.05) is 0 Å². The van der Waals surface area contributed by atoms with Crippen LogP contribution in [0, 0.1) is 0 Å². The maximum Gasteiger partial charge on any atom is 0.321 e. The molecule has 16 heavy (non-hydrogen) atoms. The molecule has 1 aromatic carbocycles. The van der Waals surface area contributed by atoms with Crippen LogP contribution in [0.5, 0.6) is 5.75 Å². The van der Waals surface area contributed by atoms with Crippen molar-refractivity contribution in [1.82, 2.24) is 5.32 Å². The van der Waals surface area contributed by atoms with Crippen LogP contribution in [-0.4, -0.2) is 28.8 Å². The average molecular weight is 223 g/mol. The van der Waals surface area contributed by atoms with Gasteiger partial charge >= 0.3 is 5.97 Å². The van der Waals surface area contributed by atoms with E-state index in [1.807, 2.05) is 6.92 Å². The Hall–Kier alpha value is -1.55. The van der Waals surface area contributed by atoms with Crippen LogP contribution in [0.25, 0.3) is 0 Å². The van der Waals surface area contributed by atoms with E-state index in [1.165, 1.54) is 0 Å². The smallest absolute Gasteiger partial charge is 0.321 e. The predicted molar refractivity (Wildman–Crippen MR) is 61.5 cm³/mol. The van der Waals surface area contributed by atoms with Gasteiger partial charge in [-0.1, -0.05) is 19.1 Å². The van der Waals surface area contributed by atoms with Crippen molar-refractivity contribution >= 4 is 5.97 Å². The molecular formula is C12H17NO3. The number of hydrogen-bond acceptors (Lipinski definition) is 3. The maximum atomic E-state index is 11.0. The normalized spacial score (nSPS) is 12.3. The Balaban J connectivity index is 2.60. The van der Waals surface area contributed by atoms with Gasteiger partial charge in [0.25, 0.3) is 0 Å². The Kier molecular flexibility index (Phi) is 4.79. The minimum Gasteiger partial charge on any atom is -0.508 e. The van der Waals surface area contributed by atoms with Crippen molar-refractivity contribution in [3.63, 3.8) is 0 Å². The number of hydrogen-bond donors (Lipinski definition) is 3. The second-order valence-electron chi connectivity index (χ2n) is 3.72. The zero-order valence-electron chi connectivity index (χ0n) is 9.31. The van der Waals surface area contributed by atoms with E-state index in [9.17, 15) is 4.79 Å². The first-order chi connectivity index (χ1) is 7.63. The Labute approximate surface area is 94.9 Å². The number of aromatic hydroxyl groups is 1. The number of phenolic OH excluding ortho intramolecular Hbond substituents is 1. The van der Waals surface area contributed by atoms with Crippen LogP contribution >= 0.6 is 0 Å². The fourth-order valence-corrected chi connectivity index (χ4v) is 1.43. The van der Waals surface area contributed by atoms with Crippen molar-refractivity contribution in [2.75, 3.05) is 6.54 Å². The van der Waals surface area contributed by atoms with Crippen LogP contribution < -0.4 is 5.32 Å². The lowest BCUT2D eigenvalue weighted by Crippen LogP contribution is -2.38. The van der Waals surface area contributed by atoms with E-state index in [4.69, 9.17) is 10.2 Å².